The van der Waals surface area contributed by atoms with E-state index in [0.717, 1.165) is 24.4 Å². The maximum absolute atomic E-state index is 14.0. The fourth-order valence-electron chi connectivity index (χ4n) is 1.96. The maximum atomic E-state index is 14.0. The summed E-state index contributed by atoms with van der Waals surface area (Å²) >= 11 is 1.87. The molecule has 0 saturated carbocycles. The molecule has 118 valence electrons. The Labute approximate surface area is 136 Å². The average molecular weight is 429 g/mol. The molecule has 0 fully saturated rings. The van der Waals surface area contributed by atoms with Crippen molar-refractivity contribution in [2.24, 2.45) is 0 Å². The molecular weight excluding hydrogens is 420 g/mol. The van der Waals surface area contributed by atoms with Crippen LogP contribution in [-0.4, -0.2) is 22.2 Å². The molecule has 1 atom stereocenters. The second-order valence-corrected chi connectivity index (χ2v) is 5.75. The van der Waals surface area contributed by atoms with Gasteiger partial charge in [0, 0.05) is 9.77 Å². The van der Waals surface area contributed by atoms with Gasteiger partial charge < -0.3 is 5.11 Å². The molecule has 1 unspecified atom stereocenters. The van der Waals surface area contributed by atoms with Crippen molar-refractivity contribution < 1.29 is 27.1 Å². The van der Waals surface area contributed by atoms with Crippen LogP contribution in [0.4, 0.5) is 22.0 Å². The molecule has 0 saturated heterocycles. The Hall–Kier alpha value is -1.29. The summed E-state index contributed by atoms with van der Waals surface area (Å²) in [6.07, 6.45) is -4.90. The van der Waals surface area contributed by atoms with Crippen LogP contribution in [0.5, 0.6) is 0 Å². The largest absolute Gasteiger partial charge is 0.457 e. The topological polar surface area (TPSA) is 33.1 Å². The summed E-state index contributed by atoms with van der Waals surface area (Å²) in [5.41, 5.74) is -4.98. The van der Waals surface area contributed by atoms with Crippen LogP contribution in [0.1, 0.15) is 11.3 Å². The molecule has 1 aromatic heterocycles. The number of aromatic nitrogens is 1. The lowest BCUT2D eigenvalue weighted by molar-refractivity contribution is -0.337. The molecule has 0 bridgehead atoms. The highest BCUT2D eigenvalue weighted by molar-refractivity contribution is 14.1. The van der Waals surface area contributed by atoms with Gasteiger partial charge in [-0.2, -0.15) is 22.0 Å². The van der Waals surface area contributed by atoms with Crippen molar-refractivity contribution in [2.45, 2.75) is 17.7 Å². The summed E-state index contributed by atoms with van der Waals surface area (Å²) in [4.78, 5) is 3.50. The van der Waals surface area contributed by atoms with Crippen LogP contribution < -0.4 is 0 Å². The Morgan fingerprint density at radius 1 is 0.909 bits per heavy atom. The molecule has 0 aliphatic carbocycles. The van der Waals surface area contributed by atoms with E-state index in [1.165, 1.54) is 24.3 Å². The number of alkyl halides is 5. The van der Waals surface area contributed by atoms with E-state index >= 15 is 0 Å². The molecule has 1 heterocycles. The van der Waals surface area contributed by atoms with Gasteiger partial charge in [0.15, 0.2) is 0 Å². The summed E-state index contributed by atoms with van der Waals surface area (Å²) in [6, 6.07) is 8.21. The molecule has 2 rings (SSSR count). The van der Waals surface area contributed by atoms with Crippen molar-refractivity contribution >= 4 is 22.6 Å². The molecule has 0 aliphatic heterocycles. The third kappa shape index (κ3) is 2.69. The highest BCUT2D eigenvalue weighted by Crippen LogP contribution is 2.51. The number of hydrogen-bond donors (Lipinski definition) is 1. The second-order valence-electron chi connectivity index (χ2n) is 4.50. The van der Waals surface area contributed by atoms with E-state index in [0.29, 0.717) is 3.57 Å². The maximum Gasteiger partial charge on any atom is 0.457 e. The number of benzene rings is 1. The monoisotopic (exact) mass is 429 g/mol. The van der Waals surface area contributed by atoms with Gasteiger partial charge >= 0.3 is 12.1 Å². The lowest BCUT2D eigenvalue weighted by Gasteiger charge is -2.36. The predicted molar refractivity (Wildman–Crippen MR) is 77.4 cm³/mol. The van der Waals surface area contributed by atoms with Gasteiger partial charge in [-0.05, 0) is 52.4 Å². The smallest absolute Gasteiger partial charge is 0.373 e. The van der Waals surface area contributed by atoms with Gasteiger partial charge in [0.2, 0.25) is 5.60 Å². The van der Waals surface area contributed by atoms with E-state index in [-0.39, 0.29) is 0 Å². The normalized spacial score (nSPS) is 15.4. The molecule has 0 spiro atoms. The van der Waals surface area contributed by atoms with E-state index in [1.54, 1.807) is 0 Å². The van der Waals surface area contributed by atoms with Crippen molar-refractivity contribution in [2.75, 3.05) is 0 Å². The van der Waals surface area contributed by atoms with Crippen LogP contribution in [0.15, 0.2) is 48.7 Å². The molecule has 1 aromatic carbocycles. The zero-order chi connectivity index (χ0) is 16.6. The van der Waals surface area contributed by atoms with Gasteiger partial charge in [-0.3, -0.25) is 4.98 Å². The second kappa shape index (κ2) is 5.73. The van der Waals surface area contributed by atoms with E-state index in [4.69, 9.17) is 0 Å². The highest BCUT2D eigenvalue weighted by atomic mass is 127. The van der Waals surface area contributed by atoms with Crippen molar-refractivity contribution in [3.63, 3.8) is 0 Å². The summed E-state index contributed by atoms with van der Waals surface area (Å²) in [5, 5.41) is 10.4. The minimum absolute atomic E-state index is 0.589. The van der Waals surface area contributed by atoms with Crippen molar-refractivity contribution in [1.29, 1.82) is 0 Å². The van der Waals surface area contributed by atoms with Crippen LogP contribution in [0.2, 0.25) is 0 Å². The van der Waals surface area contributed by atoms with Gasteiger partial charge in [0.25, 0.3) is 0 Å². The first-order valence-electron chi connectivity index (χ1n) is 5.95. The Kier molecular flexibility index (Phi) is 4.44. The number of halogens is 6. The number of aliphatic hydroxyl groups is 1. The van der Waals surface area contributed by atoms with Crippen LogP contribution >= 0.6 is 22.6 Å². The average Bonchev–Trinajstić information content (AvgIpc) is 2.46. The summed E-state index contributed by atoms with van der Waals surface area (Å²) in [6.45, 7) is 0. The van der Waals surface area contributed by atoms with Crippen molar-refractivity contribution in [1.82, 2.24) is 4.98 Å². The minimum Gasteiger partial charge on any atom is -0.373 e. The molecule has 1 N–H and O–H groups in total. The fourth-order valence-corrected chi connectivity index (χ4v) is 2.32. The van der Waals surface area contributed by atoms with Gasteiger partial charge in [-0.15, -0.1) is 0 Å². The summed E-state index contributed by atoms with van der Waals surface area (Å²) in [5.74, 6) is -5.42. The fraction of sp³-hybridized carbons (Fsp3) is 0.214. The first-order chi connectivity index (χ1) is 10.1. The van der Waals surface area contributed by atoms with Gasteiger partial charge in [0.1, 0.15) is 0 Å². The number of rotatable bonds is 3. The standard InChI is InChI=1S/C14H9F5INO/c15-13(16,14(17,18)19)12(22,11-3-1-2-8-21-11)9-4-6-10(20)7-5-9/h1-8,22H. The van der Waals surface area contributed by atoms with Crippen LogP contribution in [0, 0.1) is 3.57 Å². The molecule has 22 heavy (non-hydrogen) atoms. The van der Waals surface area contributed by atoms with E-state index < -0.39 is 29.0 Å². The van der Waals surface area contributed by atoms with Crippen LogP contribution in [0.3, 0.4) is 0 Å². The number of pyridine rings is 1. The Morgan fingerprint density at radius 2 is 1.50 bits per heavy atom. The predicted octanol–water partition coefficient (Wildman–Crippen LogP) is 4.12. The lowest BCUT2D eigenvalue weighted by atomic mass is 9.83. The first-order valence-corrected chi connectivity index (χ1v) is 7.03. The zero-order valence-corrected chi connectivity index (χ0v) is 12.9. The Bertz CT molecular complexity index is 645. The molecular formula is C14H9F5INO. The van der Waals surface area contributed by atoms with E-state index in [2.05, 4.69) is 4.98 Å². The molecule has 2 nitrogen and oxygen atoms in total. The molecule has 0 aliphatic rings. The van der Waals surface area contributed by atoms with E-state index in [1.807, 2.05) is 22.6 Å². The molecule has 8 heteroatoms. The summed E-state index contributed by atoms with van der Waals surface area (Å²) < 4.78 is 67.2. The Balaban J connectivity index is 2.73. The quantitative estimate of drug-likeness (QED) is 0.589. The third-order valence-corrected chi connectivity index (χ3v) is 3.83. The molecule has 0 amide bonds. The minimum atomic E-state index is -5.94. The van der Waals surface area contributed by atoms with Gasteiger partial charge in [-0.25, -0.2) is 0 Å². The van der Waals surface area contributed by atoms with Gasteiger partial charge in [-0.1, -0.05) is 18.2 Å². The van der Waals surface area contributed by atoms with Crippen LogP contribution in [0.25, 0.3) is 0 Å². The Morgan fingerprint density at radius 3 is 1.95 bits per heavy atom. The SMILES string of the molecule is OC(c1ccc(I)cc1)(c1ccccn1)C(F)(F)C(F)(F)F. The van der Waals surface area contributed by atoms with Crippen molar-refractivity contribution in [3.05, 3.63) is 63.5 Å². The van der Waals surface area contributed by atoms with Crippen LogP contribution in [-0.2, 0) is 5.60 Å². The summed E-state index contributed by atoms with van der Waals surface area (Å²) in [7, 11) is 0. The molecule has 2 aromatic rings. The highest BCUT2D eigenvalue weighted by Gasteiger charge is 2.71. The molecule has 0 radical (unpaired) electrons. The zero-order valence-electron chi connectivity index (χ0n) is 10.8. The van der Waals surface area contributed by atoms with Crippen molar-refractivity contribution in [3.8, 4) is 0 Å². The lowest BCUT2D eigenvalue weighted by Crippen LogP contribution is -2.56. The third-order valence-electron chi connectivity index (χ3n) is 3.11. The van der Waals surface area contributed by atoms with E-state index in [9.17, 15) is 27.1 Å². The number of hydrogen-bond acceptors (Lipinski definition) is 2. The number of nitrogens with zero attached hydrogens (tertiary/aromatic N) is 1. The first kappa shape index (κ1) is 17.1. The van der Waals surface area contributed by atoms with Gasteiger partial charge in [0.05, 0.1) is 5.69 Å².